The van der Waals surface area contributed by atoms with Gasteiger partial charge in [-0.2, -0.15) is 0 Å². The van der Waals surface area contributed by atoms with E-state index >= 15 is 0 Å². The summed E-state index contributed by atoms with van der Waals surface area (Å²) in [6.45, 7) is 7.58. The summed E-state index contributed by atoms with van der Waals surface area (Å²) >= 11 is 0. The maximum Gasteiger partial charge on any atom is 0.255 e. The van der Waals surface area contributed by atoms with E-state index in [0.29, 0.717) is 12.1 Å². The van der Waals surface area contributed by atoms with Crippen LogP contribution in [0.15, 0.2) is 48.5 Å². The van der Waals surface area contributed by atoms with Gasteiger partial charge >= 0.3 is 0 Å². The second-order valence-electron chi connectivity index (χ2n) is 10.0. The van der Waals surface area contributed by atoms with Gasteiger partial charge in [-0.25, -0.2) is 0 Å². The minimum Gasteiger partial charge on any atom is -0.369 e. The fraction of sp³-hybridized carbons (Fsp3) is 0.464. The van der Waals surface area contributed by atoms with Gasteiger partial charge in [0.05, 0.1) is 6.54 Å². The highest BCUT2D eigenvalue weighted by atomic mass is 16.2. The topological polar surface area (TPSA) is 85.0 Å². The third-order valence-corrected chi connectivity index (χ3v) is 7.32. The first-order chi connectivity index (χ1) is 17.5. The summed E-state index contributed by atoms with van der Waals surface area (Å²) in [6, 6.07) is 15.4. The number of nitrogens with zero attached hydrogens (tertiary/aromatic N) is 3. The number of nitrogens with one attached hydrogen (secondary N) is 2. The zero-order valence-corrected chi connectivity index (χ0v) is 20.9. The van der Waals surface area contributed by atoms with E-state index < -0.39 is 6.04 Å². The van der Waals surface area contributed by atoms with Crippen LogP contribution in [0, 0.1) is 6.92 Å². The van der Waals surface area contributed by atoms with Gasteiger partial charge in [0.2, 0.25) is 11.8 Å². The van der Waals surface area contributed by atoms with Gasteiger partial charge < -0.3 is 20.4 Å². The van der Waals surface area contributed by atoms with Crippen LogP contribution < -0.4 is 15.5 Å². The Morgan fingerprint density at radius 3 is 2.50 bits per heavy atom. The molecule has 3 amide bonds. The number of amides is 3. The highest BCUT2D eigenvalue weighted by molar-refractivity contribution is 6.05. The SMILES string of the molecule is Cc1cccc(N2CCN(CCCNC(=O)CNC(=O)C3c4ccccc4C(=O)N3C3CC3)CC2)c1. The monoisotopic (exact) mass is 489 g/mol. The number of aryl methyl sites for hydroxylation is 1. The van der Waals surface area contributed by atoms with E-state index in [1.165, 1.54) is 11.3 Å². The number of anilines is 1. The third kappa shape index (κ3) is 5.38. The Balaban J connectivity index is 1.01. The van der Waals surface area contributed by atoms with Crippen LogP contribution in [0.1, 0.15) is 46.8 Å². The molecule has 0 spiro atoms. The molecule has 36 heavy (non-hydrogen) atoms. The average Bonchev–Trinajstić information content (AvgIpc) is 3.69. The van der Waals surface area contributed by atoms with E-state index in [2.05, 4.69) is 51.6 Å². The summed E-state index contributed by atoms with van der Waals surface area (Å²) in [6.07, 6.45) is 2.71. The van der Waals surface area contributed by atoms with Crippen LogP contribution >= 0.6 is 0 Å². The van der Waals surface area contributed by atoms with Crippen LogP contribution in [-0.4, -0.2) is 79.4 Å². The quantitative estimate of drug-likeness (QED) is 0.527. The van der Waals surface area contributed by atoms with Gasteiger partial charge in [-0.05, 0) is 62.1 Å². The van der Waals surface area contributed by atoms with Gasteiger partial charge in [-0.15, -0.1) is 0 Å². The van der Waals surface area contributed by atoms with E-state index in [9.17, 15) is 14.4 Å². The predicted molar refractivity (Wildman–Crippen MR) is 139 cm³/mol. The predicted octanol–water partition coefficient (Wildman–Crippen LogP) is 2.10. The van der Waals surface area contributed by atoms with Gasteiger partial charge in [0.15, 0.2) is 0 Å². The van der Waals surface area contributed by atoms with Gasteiger partial charge in [-0.3, -0.25) is 19.3 Å². The summed E-state index contributed by atoms with van der Waals surface area (Å²) in [5, 5.41) is 5.66. The summed E-state index contributed by atoms with van der Waals surface area (Å²) in [5.41, 5.74) is 3.89. The number of carbonyl (C=O) groups excluding carboxylic acids is 3. The molecule has 190 valence electrons. The minimum absolute atomic E-state index is 0.0840. The molecule has 2 aromatic carbocycles. The Morgan fingerprint density at radius 1 is 0.972 bits per heavy atom. The van der Waals surface area contributed by atoms with E-state index in [4.69, 9.17) is 0 Å². The Labute approximate surface area is 212 Å². The van der Waals surface area contributed by atoms with Crippen molar-refractivity contribution in [2.24, 2.45) is 0 Å². The van der Waals surface area contributed by atoms with Crippen molar-refractivity contribution in [3.8, 4) is 0 Å². The van der Waals surface area contributed by atoms with E-state index in [-0.39, 0.29) is 30.3 Å². The second kappa shape index (κ2) is 10.7. The lowest BCUT2D eigenvalue weighted by atomic mass is 10.0. The molecular formula is C28H35N5O3. The van der Waals surface area contributed by atoms with Crippen LogP contribution in [0.2, 0.25) is 0 Å². The van der Waals surface area contributed by atoms with Crippen molar-refractivity contribution in [3.63, 3.8) is 0 Å². The molecule has 2 N–H and O–H groups in total. The molecule has 0 aromatic heterocycles. The van der Waals surface area contributed by atoms with Gasteiger partial charge in [0.1, 0.15) is 6.04 Å². The maximum absolute atomic E-state index is 13.0. The number of rotatable bonds is 9. The van der Waals surface area contributed by atoms with Crippen molar-refractivity contribution in [3.05, 3.63) is 65.2 Å². The lowest BCUT2D eigenvalue weighted by Crippen LogP contribution is -2.47. The molecule has 0 radical (unpaired) electrons. The molecule has 8 nitrogen and oxygen atoms in total. The molecule has 3 aliphatic rings. The van der Waals surface area contributed by atoms with Crippen LogP contribution in [-0.2, 0) is 9.59 Å². The Hall–Kier alpha value is -3.39. The number of carbonyl (C=O) groups is 3. The van der Waals surface area contributed by atoms with Gasteiger partial charge in [0.25, 0.3) is 5.91 Å². The summed E-state index contributed by atoms with van der Waals surface area (Å²) < 4.78 is 0. The van der Waals surface area contributed by atoms with Crippen LogP contribution in [0.4, 0.5) is 5.69 Å². The van der Waals surface area contributed by atoms with Crippen molar-refractivity contribution in [2.75, 3.05) is 50.7 Å². The molecule has 1 unspecified atom stereocenters. The molecule has 1 saturated carbocycles. The fourth-order valence-corrected chi connectivity index (χ4v) is 5.24. The second-order valence-corrected chi connectivity index (χ2v) is 10.0. The maximum atomic E-state index is 13.0. The number of hydrogen-bond donors (Lipinski definition) is 2. The molecular weight excluding hydrogens is 454 g/mol. The van der Waals surface area contributed by atoms with Crippen molar-refractivity contribution in [1.29, 1.82) is 0 Å². The molecule has 2 aromatic rings. The van der Waals surface area contributed by atoms with Crippen molar-refractivity contribution >= 4 is 23.4 Å². The number of benzene rings is 2. The molecule has 1 atom stereocenters. The summed E-state index contributed by atoms with van der Waals surface area (Å²) in [7, 11) is 0. The van der Waals surface area contributed by atoms with Crippen molar-refractivity contribution in [1.82, 2.24) is 20.4 Å². The first-order valence-corrected chi connectivity index (χ1v) is 13.0. The first kappa shape index (κ1) is 24.3. The zero-order chi connectivity index (χ0) is 25.1. The molecule has 5 rings (SSSR count). The Bertz CT molecular complexity index is 1120. The standard InChI is InChI=1S/C28H35N5O3/c1-20-6-4-7-22(18-20)32-16-14-31(15-17-32)13-5-12-29-25(34)19-30-27(35)26-23-8-2-3-9-24(23)28(36)33(26)21-10-11-21/h2-4,6-9,18,21,26H,5,10-17,19H2,1H3,(H,29,34)(H,30,35). The molecule has 2 aliphatic heterocycles. The molecule has 1 aliphatic carbocycles. The van der Waals surface area contributed by atoms with Gasteiger partial charge in [0, 0.05) is 50.0 Å². The number of piperazine rings is 1. The Morgan fingerprint density at radius 2 is 1.75 bits per heavy atom. The van der Waals surface area contributed by atoms with E-state index in [0.717, 1.165) is 57.5 Å². The van der Waals surface area contributed by atoms with Gasteiger partial charge in [-0.1, -0.05) is 30.3 Å². The third-order valence-electron chi connectivity index (χ3n) is 7.32. The summed E-state index contributed by atoms with van der Waals surface area (Å²) in [5.74, 6) is -0.581. The summed E-state index contributed by atoms with van der Waals surface area (Å²) in [4.78, 5) is 44.7. The molecule has 0 bridgehead atoms. The van der Waals surface area contributed by atoms with Crippen LogP contribution in [0.5, 0.6) is 0 Å². The lowest BCUT2D eigenvalue weighted by Gasteiger charge is -2.36. The smallest absolute Gasteiger partial charge is 0.255 e. The van der Waals surface area contributed by atoms with Crippen LogP contribution in [0.25, 0.3) is 0 Å². The van der Waals surface area contributed by atoms with Crippen molar-refractivity contribution < 1.29 is 14.4 Å². The molecule has 1 saturated heterocycles. The number of hydrogen-bond acceptors (Lipinski definition) is 5. The molecule has 2 heterocycles. The first-order valence-electron chi connectivity index (χ1n) is 13.0. The Kier molecular flexibility index (Phi) is 7.23. The van der Waals surface area contributed by atoms with Crippen molar-refractivity contribution in [2.45, 2.75) is 38.3 Å². The highest BCUT2D eigenvalue weighted by Gasteiger charge is 2.47. The molecule has 8 heteroatoms. The van der Waals surface area contributed by atoms with Crippen LogP contribution in [0.3, 0.4) is 0 Å². The molecule has 2 fully saturated rings. The normalized spacial score (nSPS) is 19.8. The fourth-order valence-electron chi connectivity index (χ4n) is 5.24. The number of fused-ring (bicyclic) bond motifs is 1. The lowest BCUT2D eigenvalue weighted by molar-refractivity contribution is -0.129. The van der Waals surface area contributed by atoms with E-state index in [1.54, 1.807) is 11.0 Å². The largest absolute Gasteiger partial charge is 0.369 e. The average molecular weight is 490 g/mol. The highest BCUT2D eigenvalue weighted by Crippen LogP contribution is 2.41. The van der Waals surface area contributed by atoms with E-state index in [1.807, 2.05) is 18.2 Å². The zero-order valence-electron chi connectivity index (χ0n) is 20.9. The minimum atomic E-state index is -0.646.